The summed E-state index contributed by atoms with van der Waals surface area (Å²) in [5.41, 5.74) is 1.47. The van der Waals surface area contributed by atoms with Gasteiger partial charge in [-0.05, 0) is 37.5 Å². The van der Waals surface area contributed by atoms with Crippen molar-refractivity contribution >= 4 is 11.6 Å². The molecule has 0 N–H and O–H groups in total. The molecule has 1 amide bonds. The van der Waals surface area contributed by atoms with E-state index in [-0.39, 0.29) is 11.9 Å². The Morgan fingerprint density at radius 1 is 1.19 bits per heavy atom. The van der Waals surface area contributed by atoms with Gasteiger partial charge in [0.2, 0.25) is 5.91 Å². The van der Waals surface area contributed by atoms with Crippen LogP contribution in [-0.4, -0.2) is 11.9 Å². The van der Waals surface area contributed by atoms with E-state index in [2.05, 4.69) is 19.9 Å². The molecule has 0 fully saturated rings. The van der Waals surface area contributed by atoms with Gasteiger partial charge in [-0.1, -0.05) is 39.7 Å². The molecule has 0 radical (unpaired) electrons. The van der Waals surface area contributed by atoms with E-state index < -0.39 is 0 Å². The topological polar surface area (TPSA) is 44.1 Å². The van der Waals surface area contributed by atoms with Crippen molar-refractivity contribution in [1.82, 2.24) is 0 Å². The highest BCUT2D eigenvalue weighted by atomic mass is 16.2. The average molecular weight is 286 g/mol. The molecule has 1 aromatic carbocycles. The predicted molar refractivity (Wildman–Crippen MR) is 87.2 cm³/mol. The van der Waals surface area contributed by atoms with Crippen molar-refractivity contribution in [3.8, 4) is 6.07 Å². The van der Waals surface area contributed by atoms with Crippen LogP contribution in [0.2, 0.25) is 0 Å². The minimum atomic E-state index is 0.166. The number of carbonyl (C=O) groups is 1. The fourth-order valence-electron chi connectivity index (χ4n) is 2.69. The molecule has 0 aromatic heterocycles. The molecule has 0 unspecified atom stereocenters. The molecule has 0 saturated heterocycles. The summed E-state index contributed by atoms with van der Waals surface area (Å²) < 4.78 is 0. The van der Waals surface area contributed by atoms with Crippen molar-refractivity contribution in [1.29, 1.82) is 5.26 Å². The van der Waals surface area contributed by atoms with Crippen molar-refractivity contribution in [3.05, 3.63) is 29.8 Å². The van der Waals surface area contributed by atoms with Crippen LogP contribution in [0.25, 0.3) is 0 Å². The number of anilines is 1. The lowest BCUT2D eigenvalue weighted by Gasteiger charge is -2.32. The van der Waals surface area contributed by atoms with Gasteiger partial charge in [0.15, 0.2) is 0 Å². The van der Waals surface area contributed by atoms with Crippen LogP contribution >= 0.6 is 0 Å². The van der Waals surface area contributed by atoms with Crippen LogP contribution in [-0.2, 0) is 4.79 Å². The molecule has 1 aromatic rings. The van der Waals surface area contributed by atoms with Crippen LogP contribution in [0, 0.1) is 11.3 Å². The van der Waals surface area contributed by atoms with Crippen molar-refractivity contribution in [2.75, 3.05) is 4.90 Å². The minimum absolute atomic E-state index is 0.166. The maximum atomic E-state index is 12.6. The molecule has 1 rings (SSSR count). The van der Waals surface area contributed by atoms with E-state index >= 15 is 0 Å². The van der Waals surface area contributed by atoms with Crippen LogP contribution in [0.4, 0.5) is 5.69 Å². The van der Waals surface area contributed by atoms with E-state index in [1.54, 1.807) is 6.07 Å². The van der Waals surface area contributed by atoms with E-state index in [4.69, 9.17) is 5.26 Å². The van der Waals surface area contributed by atoms with Crippen LogP contribution in [0.15, 0.2) is 24.3 Å². The Hall–Kier alpha value is -1.82. The maximum Gasteiger partial charge on any atom is 0.227 e. The van der Waals surface area contributed by atoms with Crippen molar-refractivity contribution in [2.24, 2.45) is 0 Å². The van der Waals surface area contributed by atoms with Gasteiger partial charge < -0.3 is 4.90 Å². The first-order valence-electron chi connectivity index (χ1n) is 8.00. The third-order valence-corrected chi connectivity index (χ3v) is 3.59. The highest BCUT2D eigenvalue weighted by Gasteiger charge is 2.23. The maximum absolute atomic E-state index is 12.6. The average Bonchev–Trinajstić information content (AvgIpc) is 2.48. The summed E-state index contributed by atoms with van der Waals surface area (Å²) in [6.07, 6.45) is 5.51. The molecule has 3 heteroatoms. The zero-order valence-corrected chi connectivity index (χ0v) is 13.4. The molecular weight excluding hydrogens is 260 g/mol. The van der Waals surface area contributed by atoms with Gasteiger partial charge in [-0.2, -0.15) is 5.26 Å². The lowest BCUT2D eigenvalue weighted by Crippen LogP contribution is -2.40. The largest absolute Gasteiger partial charge is 0.309 e. The Bertz CT molecular complexity index is 484. The first-order chi connectivity index (χ1) is 10.2. The Labute approximate surface area is 128 Å². The molecule has 0 atom stereocenters. The molecule has 114 valence electrons. The molecule has 0 saturated carbocycles. The monoisotopic (exact) mass is 286 g/mol. The van der Waals surface area contributed by atoms with Crippen LogP contribution in [0.5, 0.6) is 0 Å². The second-order valence-corrected chi connectivity index (χ2v) is 5.41. The number of amides is 1. The van der Waals surface area contributed by atoms with E-state index in [9.17, 15) is 4.79 Å². The van der Waals surface area contributed by atoms with E-state index in [1.165, 1.54) is 0 Å². The highest BCUT2D eigenvalue weighted by molar-refractivity contribution is 5.94. The fraction of sp³-hybridized carbons (Fsp3) is 0.556. The zero-order valence-electron chi connectivity index (χ0n) is 13.4. The molecule has 0 heterocycles. The van der Waals surface area contributed by atoms with Crippen LogP contribution in [0.1, 0.15) is 64.9 Å². The first-order valence-corrected chi connectivity index (χ1v) is 8.00. The Morgan fingerprint density at radius 3 is 2.38 bits per heavy atom. The highest BCUT2D eigenvalue weighted by Crippen LogP contribution is 2.24. The van der Waals surface area contributed by atoms with Crippen LogP contribution < -0.4 is 4.90 Å². The first kappa shape index (κ1) is 17.2. The van der Waals surface area contributed by atoms with Gasteiger partial charge in [0, 0.05) is 18.2 Å². The second-order valence-electron chi connectivity index (χ2n) is 5.41. The SMILES string of the molecule is CCCC(=O)N(c1cccc(C#N)c1)C(CCC)CCC. The lowest BCUT2D eigenvalue weighted by molar-refractivity contribution is -0.119. The molecule has 0 aliphatic carbocycles. The summed E-state index contributed by atoms with van der Waals surface area (Å²) in [4.78, 5) is 14.5. The molecule has 21 heavy (non-hydrogen) atoms. The number of nitrogens with zero attached hydrogens (tertiary/aromatic N) is 2. The molecule has 0 bridgehead atoms. The van der Waals surface area contributed by atoms with Gasteiger partial charge in [0.05, 0.1) is 11.6 Å². The quantitative estimate of drug-likeness (QED) is 0.697. The summed E-state index contributed by atoms with van der Waals surface area (Å²) in [5, 5.41) is 9.08. The number of nitriles is 1. The number of hydrogen-bond acceptors (Lipinski definition) is 2. The van der Waals surface area contributed by atoms with E-state index in [0.717, 1.165) is 37.8 Å². The smallest absolute Gasteiger partial charge is 0.227 e. The molecular formula is C18H26N2O. The Balaban J connectivity index is 3.16. The van der Waals surface area contributed by atoms with Crippen molar-refractivity contribution < 1.29 is 4.79 Å². The number of benzene rings is 1. The molecule has 3 nitrogen and oxygen atoms in total. The zero-order chi connectivity index (χ0) is 15.7. The summed E-state index contributed by atoms with van der Waals surface area (Å²) in [7, 11) is 0. The van der Waals surface area contributed by atoms with Gasteiger partial charge >= 0.3 is 0 Å². The van der Waals surface area contributed by atoms with Gasteiger partial charge in [0.1, 0.15) is 0 Å². The van der Waals surface area contributed by atoms with Gasteiger partial charge in [0.25, 0.3) is 0 Å². The molecule has 0 aliphatic heterocycles. The summed E-state index contributed by atoms with van der Waals surface area (Å²) in [6, 6.07) is 9.78. The standard InChI is InChI=1S/C18H26N2O/c1-4-8-16(9-5-2)20(18(21)10-6-3)17-12-7-11-15(13-17)14-19/h7,11-13,16H,4-6,8-10H2,1-3H3. The second kappa shape index (κ2) is 9.18. The number of carbonyl (C=O) groups excluding carboxylic acids is 1. The Kier molecular flexibility index (Phi) is 7.53. The van der Waals surface area contributed by atoms with Gasteiger partial charge in [-0.3, -0.25) is 4.79 Å². The third-order valence-electron chi connectivity index (χ3n) is 3.59. The van der Waals surface area contributed by atoms with Crippen LogP contribution in [0.3, 0.4) is 0 Å². The van der Waals surface area contributed by atoms with Gasteiger partial charge in [-0.25, -0.2) is 0 Å². The van der Waals surface area contributed by atoms with E-state index in [1.807, 2.05) is 30.0 Å². The fourth-order valence-corrected chi connectivity index (χ4v) is 2.69. The Morgan fingerprint density at radius 2 is 1.86 bits per heavy atom. The predicted octanol–water partition coefficient (Wildman–Crippen LogP) is 4.66. The van der Waals surface area contributed by atoms with Gasteiger partial charge in [-0.15, -0.1) is 0 Å². The van der Waals surface area contributed by atoms with E-state index in [0.29, 0.717) is 12.0 Å². The summed E-state index contributed by atoms with van der Waals surface area (Å²) in [6.45, 7) is 6.32. The third kappa shape index (κ3) is 4.90. The summed E-state index contributed by atoms with van der Waals surface area (Å²) in [5.74, 6) is 0.166. The minimum Gasteiger partial charge on any atom is -0.309 e. The molecule has 0 aliphatic rings. The normalized spacial score (nSPS) is 10.4. The van der Waals surface area contributed by atoms with Crippen molar-refractivity contribution in [2.45, 2.75) is 65.3 Å². The van der Waals surface area contributed by atoms with Crippen molar-refractivity contribution in [3.63, 3.8) is 0 Å². The number of rotatable bonds is 8. The molecule has 0 spiro atoms. The number of hydrogen-bond donors (Lipinski definition) is 0. The summed E-state index contributed by atoms with van der Waals surface area (Å²) >= 11 is 0. The lowest BCUT2D eigenvalue weighted by atomic mass is 10.0.